The third-order valence-electron chi connectivity index (χ3n) is 3.49. The van der Waals surface area contributed by atoms with Crippen molar-refractivity contribution in [2.45, 2.75) is 0 Å². The third kappa shape index (κ3) is 5.26. The number of anilines is 1. The molecule has 0 bridgehead atoms. The molecule has 0 saturated carbocycles. The van der Waals surface area contributed by atoms with Gasteiger partial charge < -0.3 is 9.47 Å². The SMILES string of the molecule is O=S(=O)(CCOc1ccccc1)Nc1ccccc1Oc1ccccc1. The first-order valence-electron chi connectivity index (χ1n) is 8.13. The molecule has 0 amide bonds. The molecule has 0 heterocycles. The number of para-hydroxylation sites is 4. The van der Waals surface area contributed by atoms with Crippen LogP contribution >= 0.6 is 0 Å². The number of benzene rings is 3. The van der Waals surface area contributed by atoms with Crippen molar-refractivity contribution < 1.29 is 17.9 Å². The average molecular weight is 369 g/mol. The maximum atomic E-state index is 12.3. The lowest BCUT2D eigenvalue weighted by atomic mass is 10.3. The van der Waals surface area contributed by atoms with E-state index in [0.717, 1.165) is 0 Å². The van der Waals surface area contributed by atoms with Gasteiger partial charge in [-0.25, -0.2) is 8.42 Å². The Morgan fingerprint density at radius 3 is 2.00 bits per heavy atom. The molecule has 0 unspecified atom stereocenters. The lowest BCUT2D eigenvalue weighted by molar-refractivity contribution is 0.341. The van der Waals surface area contributed by atoms with Gasteiger partial charge >= 0.3 is 0 Å². The number of hydrogen-bond donors (Lipinski definition) is 1. The van der Waals surface area contributed by atoms with Crippen molar-refractivity contribution in [3.63, 3.8) is 0 Å². The standard InChI is InChI=1S/C20H19NO4S/c22-26(23,16-15-24-17-9-3-1-4-10-17)21-19-13-7-8-14-20(19)25-18-11-5-2-6-12-18/h1-14,21H,15-16H2. The van der Waals surface area contributed by atoms with Gasteiger partial charge in [-0.15, -0.1) is 0 Å². The van der Waals surface area contributed by atoms with Crippen LogP contribution in [0.2, 0.25) is 0 Å². The minimum Gasteiger partial charge on any atom is -0.492 e. The van der Waals surface area contributed by atoms with Crippen LogP contribution in [0.15, 0.2) is 84.9 Å². The average Bonchev–Trinajstić information content (AvgIpc) is 2.65. The number of nitrogens with one attached hydrogen (secondary N) is 1. The summed E-state index contributed by atoms with van der Waals surface area (Å²) in [6, 6.07) is 25.2. The molecule has 0 saturated heterocycles. The molecule has 26 heavy (non-hydrogen) atoms. The van der Waals surface area contributed by atoms with Gasteiger partial charge in [-0.3, -0.25) is 4.72 Å². The third-order valence-corrected chi connectivity index (χ3v) is 4.72. The summed E-state index contributed by atoms with van der Waals surface area (Å²) >= 11 is 0. The van der Waals surface area contributed by atoms with Crippen LogP contribution < -0.4 is 14.2 Å². The molecule has 6 heteroatoms. The minimum absolute atomic E-state index is 0.0566. The Morgan fingerprint density at radius 2 is 1.31 bits per heavy atom. The zero-order valence-corrected chi connectivity index (χ0v) is 14.9. The predicted octanol–water partition coefficient (Wildman–Crippen LogP) is 4.30. The van der Waals surface area contributed by atoms with Crippen molar-refractivity contribution in [3.05, 3.63) is 84.9 Å². The molecule has 5 nitrogen and oxygen atoms in total. The van der Waals surface area contributed by atoms with Gasteiger partial charge in [0.25, 0.3) is 0 Å². The number of rotatable bonds is 8. The van der Waals surface area contributed by atoms with E-state index >= 15 is 0 Å². The van der Waals surface area contributed by atoms with E-state index in [1.807, 2.05) is 36.4 Å². The molecular formula is C20H19NO4S. The Balaban J connectivity index is 1.64. The van der Waals surface area contributed by atoms with Crippen LogP contribution in [0.1, 0.15) is 0 Å². The quantitative estimate of drug-likeness (QED) is 0.643. The second-order valence-electron chi connectivity index (χ2n) is 5.49. The summed E-state index contributed by atoms with van der Waals surface area (Å²) in [6.07, 6.45) is 0. The lowest BCUT2D eigenvalue weighted by Gasteiger charge is -2.13. The smallest absolute Gasteiger partial charge is 0.236 e. The van der Waals surface area contributed by atoms with Gasteiger partial charge in [-0.1, -0.05) is 48.5 Å². The molecule has 0 aromatic heterocycles. The van der Waals surface area contributed by atoms with Crippen LogP contribution in [0, 0.1) is 0 Å². The van der Waals surface area contributed by atoms with Crippen LogP contribution in [-0.2, 0) is 10.0 Å². The van der Waals surface area contributed by atoms with Crippen molar-refractivity contribution in [1.82, 2.24) is 0 Å². The van der Waals surface area contributed by atoms with E-state index in [9.17, 15) is 8.42 Å². The molecule has 3 aromatic rings. The highest BCUT2D eigenvalue weighted by Crippen LogP contribution is 2.29. The fourth-order valence-electron chi connectivity index (χ4n) is 2.26. The van der Waals surface area contributed by atoms with Crippen molar-refractivity contribution >= 4 is 15.7 Å². The normalized spacial score (nSPS) is 10.9. The molecular weight excluding hydrogens is 350 g/mol. The number of sulfonamides is 1. The van der Waals surface area contributed by atoms with Gasteiger partial charge in [-0.05, 0) is 36.4 Å². The summed E-state index contributed by atoms with van der Waals surface area (Å²) in [4.78, 5) is 0. The Labute approximate surface area is 153 Å². The van der Waals surface area contributed by atoms with E-state index in [1.165, 1.54) is 0 Å². The van der Waals surface area contributed by atoms with Crippen LogP contribution in [0.5, 0.6) is 17.2 Å². The summed E-state index contributed by atoms with van der Waals surface area (Å²) in [5.74, 6) is 1.54. The van der Waals surface area contributed by atoms with E-state index in [2.05, 4.69) is 4.72 Å². The first-order valence-corrected chi connectivity index (χ1v) is 9.78. The van der Waals surface area contributed by atoms with Crippen LogP contribution in [0.25, 0.3) is 0 Å². The largest absolute Gasteiger partial charge is 0.492 e. The van der Waals surface area contributed by atoms with Crippen molar-refractivity contribution in [2.75, 3.05) is 17.1 Å². The van der Waals surface area contributed by atoms with E-state index in [4.69, 9.17) is 9.47 Å². The number of ether oxygens (including phenoxy) is 2. The Morgan fingerprint density at radius 1 is 0.731 bits per heavy atom. The molecule has 0 spiro atoms. The fourth-order valence-corrected chi connectivity index (χ4v) is 3.17. The highest BCUT2D eigenvalue weighted by molar-refractivity contribution is 7.92. The van der Waals surface area contributed by atoms with E-state index in [1.54, 1.807) is 48.5 Å². The van der Waals surface area contributed by atoms with Gasteiger partial charge in [0.1, 0.15) is 23.9 Å². The Kier molecular flexibility index (Phi) is 5.76. The maximum absolute atomic E-state index is 12.3. The van der Waals surface area contributed by atoms with Crippen molar-refractivity contribution in [2.24, 2.45) is 0 Å². The zero-order chi connectivity index (χ0) is 18.2. The highest BCUT2D eigenvalue weighted by atomic mass is 32.2. The number of hydrogen-bond acceptors (Lipinski definition) is 4. The van der Waals surface area contributed by atoms with Gasteiger partial charge in [0.05, 0.1) is 5.69 Å². The monoisotopic (exact) mass is 369 g/mol. The predicted molar refractivity (Wildman–Crippen MR) is 102 cm³/mol. The molecule has 0 aliphatic rings. The molecule has 3 rings (SSSR count). The van der Waals surface area contributed by atoms with E-state index in [0.29, 0.717) is 22.9 Å². The summed E-state index contributed by atoms with van der Waals surface area (Å²) in [6.45, 7) is 0.0566. The van der Waals surface area contributed by atoms with Crippen molar-refractivity contribution in [3.8, 4) is 17.2 Å². The minimum atomic E-state index is -3.57. The molecule has 3 aromatic carbocycles. The molecule has 1 N–H and O–H groups in total. The molecule has 0 atom stereocenters. The molecule has 134 valence electrons. The van der Waals surface area contributed by atoms with Crippen LogP contribution in [0.4, 0.5) is 5.69 Å². The highest BCUT2D eigenvalue weighted by Gasteiger charge is 2.14. The van der Waals surface area contributed by atoms with E-state index < -0.39 is 10.0 Å². The summed E-state index contributed by atoms with van der Waals surface area (Å²) in [7, 11) is -3.57. The fraction of sp³-hybridized carbons (Fsp3) is 0.100. The van der Waals surface area contributed by atoms with Crippen LogP contribution in [-0.4, -0.2) is 20.8 Å². The Bertz CT molecular complexity index is 928. The van der Waals surface area contributed by atoms with Gasteiger partial charge in [-0.2, -0.15) is 0 Å². The van der Waals surface area contributed by atoms with Gasteiger partial charge in [0.2, 0.25) is 10.0 Å². The van der Waals surface area contributed by atoms with Gasteiger partial charge in [0, 0.05) is 0 Å². The molecule has 0 aliphatic carbocycles. The molecule has 0 radical (unpaired) electrons. The second kappa shape index (κ2) is 8.40. The van der Waals surface area contributed by atoms with Gasteiger partial charge in [0.15, 0.2) is 5.75 Å². The zero-order valence-electron chi connectivity index (χ0n) is 14.0. The first-order chi connectivity index (χ1) is 12.6. The van der Waals surface area contributed by atoms with E-state index in [-0.39, 0.29) is 12.4 Å². The van der Waals surface area contributed by atoms with Crippen molar-refractivity contribution in [1.29, 1.82) is 0 Å². The maximum Gasteiger partial charge on any atom is 0.236 e. The molecule has 0 fully saturated rings. The first kappa shape index (κ1) is 17.8. The summed E-state index contributed by atoms with van der Waals surface area (Å²) in [5, 5.41) is 0. The molecule has 0 aliphatic heterocycles. The summed E-state index contributed by atoms with van der Waals surface area (Å²) < 4.78 is 38.5. The van der Waals surface area contributed by atoms with Crippen LogP contribution in [0.3, 0.4) is 0 Å². The summed E-state index contributed by atoms with van der Waals surface area (Å²) in [5.41, 5.74) is 0.385. The topological polar surface area (TPSA) is 64.6 Å². The Hall–Kier alpha value is -2.99. The second-order valence-corrected chi connectivity index (χ2v) is 7.34. The lowest BCUT2D eigenvalue weighted by Crippen LogP contribution is -2.21.